The quantitative estimate of drug-likeness (QED) is 0.881. The average Bonchev–Trinajstić information content (AvgIpc) is 2.85. The normalized spacial score (nSPS) is 12.1. The van der Waals surface area contributed by atoms with Crippen LogP contribution in [0.2, 0.25) is 0 Å². The SMILES string of the molecule is Cc1ccccc1OCC(C(=O)O)c1ccco1. The van der Waals surface area contributed by atoms with Crippen molar-refractivity contribution in [1.29, 1.82) is 0 Å². The van der Waals surface area contributed by atoms with Crippen molar-refractivity contribution < 1.29 is 19.1 Å². The maximum absolute atomic E-state index is 11.2. The summed E-state index contributed by atoms with van der Waals surface area (Å²) < 4.78 is 10.7. The second-order valence-electron chi connectivity index (χ2n) is 3.98. The standard InChI is InChI=1S/C14H14O4/c1-10-5-2-3-6-12(10)18-9-11(14(15)16)13-7-4-8-17-13/h2-8,11H,9H2,1H3,(H,15,16). The third-order valence-electron chi connectivity index (χ3n) is 2.68. The summed E-state index contributed by atoms with van der Waals surface area (Å²) in [5.74, 6) is -0.662. The molecule has 1 aromatic heterocycles. The molecule has 0 saturated heterocycles. The third-order valence-corrected chi connectivity index (χ3v) is 2.68. The Hall–Kier alpha value is -2.23. The van der Waals surface area contributed by atoms with Gasteiger partial charge in [-0.05, 0) is 30.7 Å². The Labute approximate surface area is 105 Å². The smallest absolute Gasteiger partial charge is 0.317 e. The van der Waals surface area contributed by atoms with Gasteiger partial charge in [0.2, 0.25) is 0 Å². The molecule has 2 aromatic rings. The Morgan fingerprint density at radius 1 is 1.33 bits per heavy atom. The van der Waals surface area contributed by atoms with Crippen LogP contribution in [0.15, 0.2) is 47.1 Å². The molecular formula is C14H14O4. The van der Waals surface area contributed by atoms with Crippen molar-refractivity contribution in [3.05, 3.63) is 54.0 Å². The maximum atomic E-state index is 11.2. The number of hydrogen-bond acceptors (Lipinski definition) is 3. The number of ether oxygens (including phenoxy) is 1. The van der Waals surface area contributed by atoms with Crippen molar-refractivity contribution in [2.24, 2.45) is 0 Å². The summed E-state index contributed by atoms with van der Waals surface area (Å²) >= 11 is 0. The molecule has 18 heavy (non-hydrogen) atoms. The van der Waals surface area contributed by atoms with Crippen molar-refractivity contribution in [3.8, 4) is 5.75 Å². The Morgan fingerprint density at radius 2 is 2.11 bits per heavy atom. The summed E-state index contributed by atoms with van der Waals surface area (Å²) in [5.41, 5.74) is 0.973. The number of aryl methyl sites for hydroxylation is 1. The van der Waals surface area contributed by atoms with E-state index in [9.17, 15) is 4.79 Å². The van der Waals surface area contributed by atoms with Gasteiger partial charge in [-0.1, -0.05) is 18.2 Å². The summed E-state index contributed by atoms with van der Waals surface area (Å²) in [5, 5.41) is 9.15. The first-order chi connectivity index (χ1) is 8.68. The topological polar surface area (TPSA) is 59.7 Å². The first-order valence-corrected chi connectivity index (χ1v) is 5.63. The van der Waals surface area contributed by atoms with Gasteiger partial charge in [-0.25, -0.2) is 0 Å². The van der Waals surface area contributed by atoms with E-state index in [1.807, 2.05) is 31.2 Å². The highest BCUT2D eigenvalue weighted by atomic mass is 16.5. The molecule has 0 aliphatic rings. The Balaban J connectivity index is 2.08. The van der Waals surface area contributed by atoms with E-state index in [0.717, 1.165) is 5.56 Å². The van der Waals surface area contributed by atoms with Crippen molar-refractivity contribution in [2.75, 3.05) is 6.61 Å². The van der Waals surface area contributed by atoms with Gasteiger partial charge in [-0.3, -0.25) is 4.79 Å². The van der Waals surface area contributed by atoms with Crippen LogP contribution >= 0.6 is 0 Å². The number of furan rings is 1. The minimum atomic E-state index is -0.960. The number of carboxylic acids is 1. The molecule has 0 aliphatic carbocycles. The molecule has 0 saturated carbocycles. The fourth-order valence-electron chi connectivity index (χ4n) is 1.66. The summed E-state index contributed by atoms with van der Waals surface area (Å²) in [6.45, 7) is 1.96. The molecule has 0 amide bonds. The average molecular weight is 246 g/mol. The van der Waals surface area contributed by atoms with E-state index in [1.54, 1.807) is 12.1 Å². The zero-order valence-electron chi connectivity index (χ0n) is 10.00. The van der Waals surface area contributed by atoms with Gasteiger partial charge in [0.1, 0.15) is 24.0 Å². The summed E-state index contributed by atoms with van der Waals surface area (Å²) in [6, 6.07) is 10.8. The molecule has 0 spiro atoms. The van der Waals surface area contributed by atoms with Crippen LogP contribution in [-0.2, 0) is 4.79 Å². The Kier molecular flexibility index (Phi) is 3.67. The van der Waals surface area contributed by atoms with Crippen LogP contribution in [0.3, 0.4) is 0 Å². The number of para-hydroxylation sites is 1. The number of hydrogen-bond donors (Lipinski definition) is 1. The highest BCUT2D eigenvalue weighted by Crippen LogP contribution is 2.21. The van der Waals surface area contributed by atoms with E-state index in [4.69, 9.17) is 14.3 Å². The molecule has 94 valence electrons. The van der Waals surface area contributed by atoms with Crippen molar-refractivity contribution in [2.45, 2.75) is 12.8 Å². The van der Waals surface area contributed by atoms with E-state index in [1.165, 1.54) is 6.26 Å². The van der Waals surface area contributed by atoms with E-state index in [-0.39, 0.29) is 6.61 Å². The Morgan fingerprint density at radius 3 is 2.72 bits per heavy atom. The molecule has 0 aliphatic heterocycles. The summed E-state index contributed by atoms with van der Waals surface area (Å²) in [4.78, 5) is 11.2. The van der Waals surface area contributed by atoms with E-state index >= 15 is 0 Å². The molecule has 4 heteroatoms. The molecule has 1 heterocycles. The number of rotatable bonds is 5. The minimum absolute atomic E-state index is 0.0493. The van der Waals surface area contributed by atoms with Gasteiger partial charge >= 0.3 is 5.97 Å². The van der Waals surface area contributed by atoms with E-state index in [0.29, 0.717) is 11.5 Å². The number of carbonyl (C=O) groups is 1. The zero-order chi connectivity index (χ0) is 13.0. The lowest BCUT2D eigenvalue weighted by molar-refractivity contribution is -0.140. The second kappa shape index (κ2) is 5.40. The van der Waals surface area contributed by atoms with Crippen LogP contribution in [0.4, 0.5) is 0 Å². The predicted octanol–water partition coefficient (Wildman–Crippen LogP) is 2.84. The molecule has 1 unspecified atom stereocenters. The van der Waals surface area contributed by atoms with E-state index in [2.05, 4.69) is 0 Å². The summed E-state index contributed by atoms with van der Waals surface area (Å²) in [6.07, 6.45) is 1.46. The third kappa shape index (κ3) is 2.71. The van der Waals surface area contributed by atoms with Crippen LogP contribution in [0.1, 0.15) is 17.2 Å². The van der Waals surface area contributed by atoms with Crippen LogP contribution in [0.25, 0.3) is 0 Å². The van der Waals surface area contributed by atoms with Gasteiger partial charge in [0.25, 0.3) is 0 Å². The van der Waals surface area contributed by atoms with Crippen LogP contribution in [0, 0.1) is 6.92 Å². The van der Waals surface area contributed by atoms with Gasteiger partial charge in [0, 0.05) is 0 Å². The number of aliphatic carboxylic acids is 1. The molecule has 1 atom stereocenters. The number of carboxylic acid groups (broad SMARTS) is 1. The minimum Gasteiger partial charge on any atom is -0.492 e. The fraction of sp³-hybridized carbons (Fsp3) is 0.214. The zero-order valence-corrected chi connectivity index (χ0v) is 10.00. The molecule has 0 bridgehead atoms. The largest absolute Gasteiger partial charge is 0.492 e. The van der Waals surface area contributed by atoms with Crippen molar-refractivity contribution in [3.63, 3.8) is 0 Å². The molecule has 4 nitrogen and oxygen atoms in total. The Bertz CT molecular complexity index is 516. The van der Waals surface area contributed by atoms with Gasteiger partial charge in [-0.15, -0.1) is 0 Å². The lowest BCUT2D eigenvalue weighted by Crippen LogP contribution is -2.19. The van der Waals surface area contributed by atoms with Crippen molar-refractivity contribution in [1.82, 2.24) is 0 Å². The van der Waals surface area contributed by atoms with Crippen molar-refractivity contribution >= 4 is 5.97 Å². The molecule has 1 N–H and O–H groups in total. The molecule has 2 rings (SSSR count). The predicted molar refractivity (Wildman–Crippen MR) is 65.8 cm³/mol. The molecular weight excluding hydrogens is 232 g/mol. The summed E-state index contributed by atoms with van der Waals surface area (Å²) in [7, 11) is 0. The maximum Gasteiger partial charge on any atom is 0.317 e. The lowest BCUT2D eigenvalue weighted by Gasteiger charge is -2.13. The fourth-order valence-corrected chi connectivity index (χ4v) is 1.66. The highest BCUT2D eigenvalue weighted by molar-refractivity contribution is 5.75. The second-order valence-corrected chi connectivity index (χ2v) is 3.98. The van der Waals surface area contributed by atoms with Gasteiger partial charge in [0.05, 0.1) is 6.26 Å². The lowest BCUT2D eigenvalue weighted by atomic mass is 10.1. The first kappa shape index (κ1) is 12.2. The van der Waals surface area contributed by atoms with Crippen LogP contribution < -0.4 is 4.74 Å². The number of benzene rings is 1. The van der Waals surface area contributed by atoms with Gasteiger partial charge in [0.15, 0.2) is 0 Å². The van der Waals surface area contributed by atoms with Gasteiger partial charge in [-0.2, -0.15) is 0 Å². The molecule has 0 radical (unpaired) electrons. The first-order valence-electron chi connectivity index (χ1n) is 5.63. The molecule has 1 aromatic carbocycles. The van der Waals surface area contributed by atoms with E-state index < -0.39 is 11.9 Å². The van der Waals surface area contributed by atoms with Crippen LogP contribution in [0.5, 0.6) is 5.75 Å². The monoisotopic (exact) mass is 246 g/mol. The van der Waals surface area contributed by atoms with Gasteiger partial charge < -0.3 is 14.3 Å². The van der Waals surface area contributed by atoms with Crippen LogP contribution in [-0.4, -0.2) is 17.7 Å². The highest BCUT2D eigenvalue weighted by Gasteiger charge is 2.23. The molecule has 0 fully saturated rings.